The lowest BCUT2D eigenvalue weighted by Crippen LogP contribution is -2.46. The van der Waals surface area contributed by atoms with Crippen LogP contribution in [0.3, 0.4) is 0 Å². The smallest absolute Gasteiger partial charge is 0.322 e. The molecule has 0 spiro atoms. The van der Waals surface area contributed by atoms with Crippen LogP contribution in [0.4, 0.5) is 16.2 Å². The highest BCUT2D eigenvalue weighted by Gasteiger charge is 2.26. The fourth-order valence-electron chi connectivity index (χ4n) is 4.61. The molecule has 2 N–H and O–H groups in total. The topological polar surface area (TPSA) is 80.8 Å². The Morgan fingerprint density at radius 1 is 1.15 bits per heavy atom. The van der Waals surface area contributed by atoms with Crippen LogP contribution in [0.15, 0.2) is 30.3 Å². The molecule has 0 bridgehead atoms. The number of benzene rings is 1. The van der Waals surface area contributed by atoms with Crippen LogP contribution in [0.2, 0.25) is 0 Å². The van der Waals surface area contributed by atoms with Gasteiger partial charge in [-0.05, 0) is 56.0 Å². The van der Waals surface area contributed by atoms with Crippen molar-refractivity contribution >= 4 is 23.3 Å². The van der Waals surface area contributed by atoms with Crippen molar-refractivity contribution in [3.8, 4) is 0 Å². The summed E-state index contributed by atoms with van der Waals surface area (Å²) in [5.41, 5.74) is 5.84. The monoisotopic (exact) mass is 448 g/mol. The maximum atomic E-state index is 12.3. The molecule has 0 radical (unpaired) electrons. The Hall–Kier alpha value is -3.13. The SMILES string of the molecule is CCN1Cc2ccc(CN3CCN(c4ccc(C(=O)NC5CC5)nc4C)CC3)cc2NC1=O. The van der Waals surface area contributed by atoms with Crippen LogP contribution >= 0.6 is 0 Å². The zero-order valence-corrected chi connectivity index (χ0v) is 19.4. The van der Waals surface area contributed by atoms with E-state index in [2.05, 4.69) is 43.6 Å². The first-order valence-corrected chi connectivity index (χ1v) is 11.9. The van der Waals surface area contributed by atoms with Crippen molar-refractivity contribution < 1.29 is 9.59 Å². The maximum absolute atomic E-state index is 12.3. The Bertz CT molecular complexity index is 1060. The lowest BCUT2D eigenvalue weighted by Gasteiger charge is -2.37. The number of pyridine rings is 1. The Labute approximate surface area is 195 Å². The van der Waals surface area contributed by atoms with Gasteiger partial charge < -0.3 is 20.4 Å². The summed E-state index contributed by atoms with van der Waals surface area (Å²) in [4.78, 5) is 35.6. The van der Waals surface area contributed by atoms with Crippen LogP contribution < -0.4 is 15.5 Å². The van der Waals surface area contributed by atoms with Crippen molar-refractivity contribution in [1.82, 2.24) is 20.1 Å². The van der Waals surface area contributed by atoms with Crippen molar-refractivity contribution in [2.75, 3.05) is 42.9 Å². The molecule has 2 aliphatic heterocycles. The van der Waals surface area contributed by atoms with E-state index in [0.717, 1.165) is 62.6 Å². The molecule has 0 atom stereocenters. The minimum Gasteiger partial charge on any atom is -0.368 e. The number of amides is 3. The van der Waals surface area contributed by atoms with Crippen LogP contribution in [0.5, 0.6) is 0 Å². The fraction of sp³-hybridized carbons (Fsp3) is 0.480. The van der Waals surface area contributed by atoms with E-state index < -0.39 is 0 Å². The summed E-state index contributed by atoms with van der Waals surface area (Å²) in [5.74, 6) is -0.0689. The van der Waals surface area contributed by atoms with Crippen molar-refractivity contribution in [1.29, 1.82) is 0 Å². The van der Waals surface area contributed by atoms with Gasteiger partial charge in [0, 0.05) is 57.5 Å². The Morgan fingerprint density at radius 3 is 2.64 bits per heavy atom. The Balaban J connectivity index is 1.17. The van der Waals surface area contributed by atoms with Crippen molar-refractivity contribution in [3.63, 3.8) is 0 Å². The van der Waals surface area contributed by atoms with Gasteiger partial charge in [-0.3, -0.25) is 9.69 Å². The van der Waals surface area contributed by atoms with Crippen molar-refractivity contribution in [3.05, 3.63) is 52.8 Å². The lowest BCUT2D eigenvalue weighted by atomic mass is 10.1. The summed E-state index contributed by atoms with van der Waals surface area (Å²) in [7, 11) is 0. The molecule has 1 aliphatic carbocycles. The molecule has 2 aromatic rings. The van der Waals surface area contributed by atoms with Crippen LogP contribution in [0.1, 0.15) is 47.1 Å². The molecule has 174 valence electrons. The van der Waals surface area contributed by atoms with E-state index in [9.17, 15) is 9.59 Å². The molecule has 0 unspecified atom stereocenters. The molecule has 5 rings (SSSR count). The maximum Gasteiger partial charge on any atom is 0.322 e. The van der Waals surface area contributed by atoms with Gasteiger partial charge in [-0.15, -0.1) is 0 Å². The minimum absolute atomic E-state index is 0.0178. The predicted octanol–water partition coefficient (Wildman–Crippen LogP) is 2.97. The number of aromatic nitrogens is 1. The van der Waals surface area contributed by atoms with Crippen LogP contribution in [-0.4, -0.2) is 65.5 Å². The van der Waals surface area contributed by atoms with E-state index in [4.69, 9.17) is 0 Å². The van der Waals surface area contributed by atoms with E-state index in [1.165, 1.54) is 11.1 Å². The third-order valence-corrected chi connectivity index (χ3v) is 6.77. The van der Waals surface area contributed by atoms with Crippen LogP contribution in [0.25, 0.3) is 0 Å². The van der Waals surface area contributed by atoms with Gasteiger partial charge in [-0.1, -0.05) is 12.1 Å². The van der Waals surface area contributed by atoms with Gasteiger partial charge >= 0.3 is 6.03 Å². The summed E-state index contributed by atoms with van der Waals surface area (Å²) < 4.78 is 0. The van der Waals surface area contributed by atoms with Gasteiger partial charge in [0.15, 0.2) is 0 Å². The highest BCUT2D eigenvalue weighted by molar-refractivity contribution is 5.93. The van der Waals surface area contributed by atoms with Crippen molar-refractivity contribution in [2.24, 2.45) is 0 Å². The molecular weight excluding hydrogens is 416 g/mol. The molecule has 3 amide bonds. The molecule has 2 fully saturated rings. The third-order valence-electron chi connectivity index (χ3n) is 6.77. The highest BCUT2D eigenvalue weighted by atomic mass is 16.2. The lowest BCUT2D eigenvalue weighted by molar-refractivity contribution is 0.0946. The van der Waals surface area contributed by atoms with E-state index in [-0.39, 0.29) is 11.9 Å². The molecule has 33 heavy (non-hydrogen) atoms. The summed E-state index contributed by atoms with van der Waals surface area (Å²) >= 11 is 0. The number of piperazine rings is 1. The molecule has 1 saturated carbocycles. The second-order valence-corrected chi connectivity index (χ2v) is 9.25. The van der Waals surface area contributed by atoms with Gasteiger partial charge in [-0.25, -0.2) is 9.78 Å². The first-order valence-electron chi connectivity index (χ1n) is 11.9. The Kier molecular flexibility index (Phi) is 5.93. The average molecular weight is 449 g/mol. The molecule has 8 nitrogen and oxygen atoms in total. The van der Waals surface area contributed by atoms with E-state index in [0.29, 0.717) is 24.8 Å². The first kappa shape index (κ1) is 21.7. The quantitative estimate of drug-likeness (QED) is 0.710. The molecule has 3 heterocycles. The Morgan fingerprint density at radius 2 is 1.94 bits per heavy atom. The zero-order valence-electron chi connectivity index (χ0n) is 19.4. The van der Waals surface area contributed by atoms with Crippen LogP contribution in [-0.2, 0) is 13.1 Å². The molecular formula is C25H32N6O2. The number of aryl methyl sites for hydroxylation is 1. The molecule has 8 heteroatoms. The summed E-state index contributed by atoms with van der Waals surface area (Å²) in [5, 5.41) is 6.03. The van der Waals surface area contributed by atoms with E-state index >= 15 is 0 Å². The first-order chi connectivity index (χ1) is 16.0. The summed E-state index contributed by atoms with van der Waals surface area (Å²) in [6.07, 6.45) is 2.15. The number of fused-ring (bicyclic) bond motifs is 1. The molecule has 1 aromatic carbocycles. The standard InChI is InChI=1S/C25H32N6O2/c1-3-30-16-19-5-4-18(14-22(19)28-25(30)33)15-29-10-12-31(13-11-29)23-9-8-21(26-17(23)2)24(32)27-20-6-7-20/h4-5,8-9,14,20H,3,6-7,10-13,15-16H2,1-2H3,(H,27,32)(H,28,33). The zero-order chi connectivity index (χ0) is 22.9. The number of anilines is 2. The number of carbonyl (C=O) groups is 2. The number of nitrogens with one attached hydrogen (secondary N) is 2. The number of carbonyl (C=O) groups excluding carboxylic acids is 2. The fourth-order valence-corrected chi connectivity index (χ4v) is 4.61. The summed E-state index contributed by atoms with van der Waals surface area (Å²) in [6, 6.07) is 10.6. The van der Waals surface area contributed by atoms with Crippen LogP contribution in [0, 0.1) is 6.92 Å². The number of hydrogen-bond acceptors (Lipinski definition) is 5. The van der Waals surface area contributed by atoms with E-state index in [1.807, 2.05) is 30.9 Å². The predicted molar refractivity (Wildman–Crippen MR) is 128 cm³/mol. The largest absolute Gasteiger partial charge is 0.368 e. The molecule has 1 saturated heterocycles. The second-order valence-electron chi connectivity index (χ2n) is 9.25. The minimum atomic E-state index is -0.0689. The number of hydrogen-bond donors (Lipinski definition) is 2. The molecule has 3 aliphatic rings. The van der Waals surface area contributed by atoms with Gasteiger partial charge in [0.25, 0.3) is 5.91 Å². The van der Waals surface area contributed by atoms with Crippen molar-refractivity contribution in [2.45, 2.75) is 45.8 Å². The average Bonchev–Trinajstić information content (AvgIpc) is 3.63. The normalized spacial score (nSPS) is 18.7. The van der Waals surface area contributed by atoms with Gasteiger partial charge in [-0.2, -0.15) is 0 Å². The van der Waals surface area contributed by atoms with Gasteiger partial charge in [0.2, 0.25) is 0 Å². The highest BCUT2D eigenvalue weighted by Crippen LogP contribution is 2.26. The molecule has 1 aromatic heterocycles. The number of nitrogens with zero attached hydrogens (tertiary/aromatic N) is 4. The number of rotatable bonds is 6. The van der Waals surface area contributed by atoms with Gasteiger partial charge in [0.05, 0.1) is 11.4 Å². The van der Waals surface area contributed by atoms with E-state index in [1.54, 1.807) is 0 Å². The summed E-state index contributed by atoms with van der Waals surface area (Å²) in [6.45, 7) is 9.98. The third kappa shape index (κ3) is 4.80. The second kappa shape index (κ2) is 9.02. The number of urea groups is 1. The van der Waals surface area contributed by atoms with Gasteiger partial charge in [0.1, 0.15) is 5.69 Å².